The summed E-state index contributed by atoms with van der Waals surface area (Å²) in [5.74, 6) is 0.552. The van der Waals surface area contributed by atoms with Crippen LogP contribution in [-0.4, -0.2) is 48.4 Å². The fourth-order valence-corrected chi connectivity index (χ4v) is 5.02. The predicted molar refractivity (Wildman–Crippen MR) is 148 cm³/mol. The van der Waals surface area contributed by atoms with Gasteiger partial charge < -0.3 is 14.2 Å². The first-order valence-electron chi connectivity index (χ1n) is 11.8. The topological polar surface area (TPSA) is 107 Å². The fourth-order valence-electron chi connectivity index (χ4n) is 3.58. The third-order valence-electron chi connectivity index (χ3n) is 5.77. The van der Waals surface area contributed by atoms with E-state index >= 15 is 0 Å². The molecule has 1 N–H and O–H groups in total. The van der Waals surface area contributed by atoms with E-state index in [1.807, 2.05) is 24.3 Å². The molecule has 0 bridgehead atoms. The maximum atomic E-state index is 13.7. The van der Waals surface area contributed by atoms with Crippen molar-refractivity contribution >= 4 is 27.8 Å². The number of carbonyl (C=O) groups excluding carboxylic acids is 1. The predicted octanol–water partition coefficient (Wildman–Crippen LogP) is 4.36. The first-order chi connectivity index (χ1) is 18.0. The van der Waals surface area contributed by atoms with E-state index in [2.05, 4.69) is 31.3 Å². The highest BCUT2D eigenvalue weighted by Crippen LogP contribution is 2.32. The number of hydrogen-bond acceptors (Lipinski definition) is 7. The number of amides is 1. The van der Waals surface area contributed by atoms with Gasteiger partial charge in [0, 0.05) is 6.07 Å². The van der Waals surface area contributed by atoms with Gasteiger partial charge in [0.25, 0.3) is 15.9 Å². The number of methoxy groups -OCH3 is 3. The summed E-state index contributed by atoms with van der Waals surface area (Å²) in [6, 6.07) is 18.4. The Morgan fingerprint density at radius 2 is 1.53 bits per heavy atom. The number of hydrogen-bond donors (Lipinski definition) is 1. The lowest BCUT2D eigenvalue weighted by atomic mass is 9.87. The molecule has 0 aliphatic carbocycles. The molecule has 0 heterocycles. The summed E-state index contributed by atoms with van der Waals surface area (Å²) in [6.45, 7) is 5.87. The molecule has 0 aliphatic heterocycles. The highest BCUT2D eigenvalue weighted by atomic mass is 32.2. The van der Waals surface area contributed by atoms with Crippen molar-refractivity contribution in [2.45, 2.75) is 31.1 Å². The minimum absolute atomic E-state index is 0.0220. The highest BCUT2D eigenvalue weighted by molar-refractivity contribution is 7.92. The Morgan fingerprint density at radius 1 is 0.895 bits per heavy atom. The van der Waals surface area contributed by atoms with E-state index in [4.69, 9.17) is 14.2 Å². The van der Waals surface area contributed by atoms with Crippen molar-refractivity contribution in [2.24, 2.45) is 5.10 Å². The molecule has 3 aromatic carbocycles. The summed E-state index contributed by atoms with van der Waals surface area (Å²) in [4.78, 5) is 12.8. The van der Waals surface area contributed by atoms with Crippen LogP contribution in [0.4, 0.5) is 5.69 Å². The van der Waals surface area contributed by atoms with Crippen molar-refractivity contribution in [2.75, 3.05) is 32.2 Å². The maximum absolute atomic E-state index is 13.7. The van der Waals surface area contributed by atoms with Gasteiger partial charge in [-0.3, -0.25) is 9.10 Å². The second-order valence-corrected chi connectivity index (χ2v) is 11.3. The molecule has 0 atom stereocenters. The lowest BCUT2D eigenvalue weighted by Crippen LogP contribution is -2.39. The Labute approximate surface area is 224 Å². The highest BCUT2D eigenvalue weighted by Gasteiger charge is 2.28. The van der Waals surface area contributed by atoms with Crippen molar-refractivity contribution in [3.63, 3.8) is 0 Å². The molecule has 0 unspecified atom stereocenters. The van der Waals surface area contributed by atoms with Crippen LogP contribution in [0.25, 0.3) is 0 Å². The summed E-state index contributed by atoms with van der Waals surface area (Å²) in [5, 5.41) is 4.01. The van der Waals surface area contributed by atoms with Gasteiger partial charge in [0.1, 0.15) is 12.3 Å². The van der Waals surface area contributed by atoms with Gasteiger partial charge in [0.05, 0.1) is 38.1 Å². The van der Waals surface area contributed by atoms with E-state index in [1.165, 1.54) is 51.3 Å². The second-order valence-electron chi connectivity index (χ2n) is 9.39. The van der Waals surface area contributed by atoms with Crippen LogP contribution in [0.3, 0.4) is 0 Å². The van der Waals surface area contributed by atoms with Crippen LogP contribution >= 0.6 is 0 Å². The fraction of sp³-hybridized carbons (Fsp3) is 0.286. The molecule has 10 heteroatoms. The monoisotopic (exact) mass is 539 g/mol. The van der Waals surface area contributed by atoms with Gasteiger partial charge in [0.15, 0.2) is 11.5 Å². The molecular formula is C28H33N3O6S. The molecule has 0 spiro atoms. The van der Waals surface area contributed by atoms with Gasteiger partial charge in [0.2, 0.25) is 0 Å². The Bertz CT molecular complexity index is 1380. The van der Waals surface area contributed by atoms with E-state index in [0.717, 1.165) is 9.87 Å². The van der Waals surface area contributed by atoms with Crippen LogP contribution in [0.5, 0.6) is 17.2 Å². The van der Waals surface area contributed by atoms with Gasteiger partial charge >= 0.3 is 0 Å². The number of carbonyl (C=O) groups is 1. The van der Waals surface area contributed by atoms with Crippen molar-refractivity contribution in [1.29, 1.82) is 0 Å². The molecule has 0 aliphatic rings. The molecule has 3 rings (SSSR count). The number of nitrogens with zero attached hydrogens (tertiary/aromatic N) is 2. The Hall–Kier alpha value is -4.05. The Balaban J connectivity index is 1.85. The summed E-state index contributed by atoms with van der Waals surface area (Å²) in [5.41, 5.74) is 4.69. The summed E-state index contributed by atoms with van der Waals surface area (Å²) < 4.78 is 44.0. The molecule has 0 radical (unpaired) electrons. The lowest BCUT2D eigenvalue weighted by Gasteiger charge is -2.24. The van der Waals surface area contributed by atoms with Crippen LogP contribution in [-0.2, 0) is 20.2 Å². The zero-order chi connectivity index (χ0) is 27.9. The number of sulfonamides is 1. The van der Waals surface area contributed by atoms with Gasteiger partial charge in [-0.25, -0.2) is 13.8 Å². The number of ether oxygens (including phenoxy) is 3. The SMILES string of the molecule is COc1ccc(N(CC(=O)N/N=C/c2ccc(C(C)(C)C)cc2)S(=O)(=O)c2ccc(OC)c(OC)c2)cc1. The molecule has 0 saturated heterocycles. The van der Waals surface area contributed by atoms with E-state index in [1.54, 1.807) is 24.3 Å². The van der Waals surface area contributed by atoms with E-state index in [0.29, 0.717) is 11.5 Å². The summed E-state index contributed by atoms with van der Waals surface area (Å²) in [6.07, 6.45) is 1.50. The minimum Gasteiger partial charge on any atom is -0.497 e. The van der Waals surface area contributed by atoms with Crippen molar-refractivity contribution in [3.8, 4) is 17.2 Å². The normalized spacial score (nSPS) is 11.7. The van der Waals surface area contributed by atoms with E-state index in [-0.39, 0.29) is 21.7 Å². The third kappa shape index (κ3) is 6.83. The molecule has 3 aromatic rings. The standard InChI is InChI=1S/C28H33N3O6S/c1-28(2,3)21-9-7-20(8-10-21)18-29-30-27(32)19-31(22-11-13-23(35-4)14-12-22)38(33,34)24-15-16-25(36-5)26(17-24)37-6/h7-18H,19H2,1-6H3,(H,30,32)/b29-18+. The van der Waals surface area contributed by atoms with Crippen LogP contribution in [0.1, 0.15) is 31.9 Å². The molecular weight excluding hydrogens is 506 g/mol. The molecule has 0 saturated carbocycles. The number of rotatable bonds is 10. The quantitative estimate of drug-likeness (QED) is 0.303. The molecule has 1 amide bonds. The number of benzene rings is 3. The van der Waals surface area contributed by atoms with Gasteiger partial charge in [-0.15, -0.1) is 0 Å². The number of hydrazone groups is 1. The second kappa shape index (κ2) is 12.0. The van der Waals surface area contributed by atoms with Gasteiger partial charge in [-0.05, 0) is 52.9 Å². The third-order valence-corrected chi connectivity index (χ3v) is 7.54. The molecule has 38 heavy (non-hydrogen) atoms. The Kier molecular flexibility index (Phi) is 9.00. The molecule has 202 valence electrons. The first kappa shape index (κ1) is 28.5. The van der Waals surface area contributed by atoms with E-state index < -0.39 is 22.5 Å². The average Bonchev–Trinajstić information content (AvgIpc) is 2.91. The van der Waals surface area contributed by atoms with Crippen molar-refractivity contribution in [1.82, 2.24) is 5.43 Å². The first-order valence-corrected chi connectivity index (χ1v) is 13.2. The largest absolute Gasteiger partial charge is 0.497 e. The summed E-state index contributed by atoms with van der Waals surface area (Å²) in [7, 11) is 0.203. The van der Waals surface area contributed by atoms with Crippen molar-refractivity contribution in [3.05, 3.63) is 77.9 Å². The molecule has 9 nitrogen and oxygen atoms in total. The summed E-state index contributed by atoms with van der Waals surface area (Å²) >= 11 is 0. The average molecular weight is 540 g/mol. The van der Waals surface area contributed by atoms with Crippen molar-refractivity contribution < 1.29 is 27.4 Å². The molecule has 0 aromatic heterocycles. The maximum Gasteiger partial charge on any atom is 0.264 e. The smallest absolute Gasteiger partial charge is 0.264 e. The van der Waals surface area contributed by atoms with Crippen LogP contribution in [0, 0.1) is 0 Å². The number of anilines is 1. The van der Waals surface area contributed by atoms with Crippen LogP contribution < -0.4 is 23.9 Å². The van der Waals surface area contributed by atoms with Gasteiger partial charge in [-0.2, -0.15) is 5.10 Å². The zero-order valence-corrected chi connectivity index (χ0v) is 23.2. The lowest BCUT2D eigenvalue weighted by molar-refractivity contribution is -0.119. The van der Waals surface area contributed by atoms with Gasteiger partial charge in [-0.1, -0.05) is 45.0 Å². The van der Waals surface area contributed by atoms with Crippen LogP contribution in [0.15, 0.2) is 76.7 Å². The number of nitrogens with one attached hydrogen (secondary N) is 1. The zero-order valence-electron chi connectivity index (χ0n) is 22.4. The minimum atomic E-state index is -4.18. The van der Waals surface area contributed by atoms with Crippen LogP contribution in [0.2, 0.25) is 0 Å². The van der Waals surface area contributed by atoms with E-state index in [9.17, 15) is 13.2 Å². The Morgan fingerprint density at radius 3 is 2.08 bits per heavy atom. The molecule has 0 fully saturated rings.